The number of rotatable bonds is 10. The van der Waals surface area contributed by atoms with E-state index < -0.39 is 0 Å². The Morgan fingerprint density at radius 2 is 1.91 bits per heavy atom. The zero-order valence-electron chi connectivity index (χ0n) is 18.5. The molecule has 3 aromatic rings. The first kappa shape index (κ1) is 22.0. The second-order valence-electron chi connectivity index (χ2n) is 8.51. The lowest BCUT2D eigenvalue weighted by Gasteiger charge is -2.25. The fourth-order valence-corrected chi connectivity index (χ4v) is 3.80. The van der Waals surface area contributed by atoms with Crippen molar-refractivity contribution in [3.8, 4) is 5.75 Å². The molecule has 0 unspecified atom stereocenters. The smallest absolute Gasteiger partial charge is 0.227 e. The highest BCUT2D eigenvalue weighted by atomic mass is 16.5. The van der Waals surface area contributed by atoms with Gasteiger partial charge < -0.3 is 15.8 Å². The standard InChI is InChI=1S/C25H31N5O2/c1-18(20-8-3-2-4-9-20)25(31)27-24(16-30-15-22(14-26)28-29-30)21-10-12-23(13-11-21)32-17-19-6-5-7-19/h2-4,8-13,15,18-19,24H,5-7,14,16-17,26H2,1H3,(H,27,31)/t18-,24-/m0/s1. The lowest BCUT2D eigenvalue weighted by Crippen LogP contribution is -2.34. The normalized spacial score (nSPS) is 15.6. The van der Waals surface area contributed by atoms with E-state index >= 15 is 0 Å². The van der Waals surface area contributed by atoms with Crippen LogP contribution in [0, 0.1) is 5.92 Å². The molecule has 2 atom stereocenters. The topological polar surface area (TPSA) is 95.1 Å². The Labute approximate surface area is 189 Å². The molecular formula is C25H31N5O2. The largest absolute Gasteiger partial charge is 0.493 e. The van der Waals surface area contributed by atoms with Crippen LogP contribution in [0.2, 0.25) is 0 Å². The minimum absolute atomic E-state index is 0.0364. The van der Waals surface area contributed by atoms with Crippen LogP contribution in [-0.2, 0) is 17.9 Å². The Bertz CT molecular complexity index is 999. The first-order chi connectivity index (χ1) is 15.6. The van der Waals surface area contributed by atoms with E-state index in [0.717, 1.165) is 23.5 Å². The highest BCUT2D eigenvalue weighted by molar-refractivity contribution is 5.83. The molecule has 0 aliphatic heterocycles. The first-order valence-corrected chi connectivity index (χ1v) is 11.3. The van der Waals surface area contributed by atoms with Gasteiger partial charge in [-0.3, -0.25) is 4.79 Å². The van der Waals surface area contributed by atoms with Crippen LogP contribution < -0.4 is 15.8 Å². The number of hydrogen-bond donors (Lipinski definition) is 2. The average molecular weight is 434 g/mol. The van der Waals surface area contributed by atoms with E-state index in [1.807, 2.05) is 67.7 Å². The van der Waals surface area contributed by atoms with Crippen molar-refractivity contribution in [3.05, 3.63) is 77.6 Å². The molecular weight excluding hydrogens is 402 g/mol. The van der Waals surface area contributed by atoms with Crippen molar-refractivity contribution in [2.24, 2.45) is 11.7 Å². The zero-order valence-corrected chi connectivity index (χ0v) is 18.5. The van der Waals surface area contributed by atoms with Crippen molar-refractivity contribution in [1.82, 2.24) is 20.3 Å². The van der Waals surface area contributed by atoms with Gasteiger partial charge in [0, 0.05) is 12.7 Å². The summed E-state index contributed by atoms with van der Waals surface area (Å²) >= 11 is 0. The van der Waals surface area contributed by atoms with Crippen LogP contribution in [0.15, 0.2) is 60.8 Å². The van der Waals surface area contributed by atoms with Gasteiger partial charge in [-0.05, 0) is 48.9 Å². The summed E-state index contributed by atoms with van der Waals surface area (Å²) in [5.74, 6) is 1.24. The third kappa shape index (κ3) is 5.53. The molecule has 7 heteroatoms. The maximum atomic E-state index is 13.1. The molecule has 3 N–H and O–H groups in total. The third-order valence-corrected chi connectivity index (χ3v) is 6.17. The molecule has 168 valence electrons. The second-order valence-corrected chi connectivity index (χ2v) is 8.51. The highest BCUT2D eigenvalue weighted by Gasteiger charge is 2.22. The Kier molecular flexibility index (Phi) is 7.17. The molecule has 1 aromatic heterocycles. The van der Waals surface area contributed by atoms with Crippen LogP contribution in [0.4, 0.5) is 0 Å². The fourth-order valence-electron chi connectivity index (χ4n) is 3.80. The number of aromatic nitrogens is 3. The maximum absolute atomic E-state index is 13.1. The summed E-state index contributed by atoms with van der Waals surface area (Å²) in [4.78, 5) is 13.1. The van der Waals surface area contributed by atoms with Gasteiger partial charge in [0.2, 0.25) is 5.91 Å². The van der Waals surface area contributed by atoms with Crippen molar-refractivity contribution in [2.45, 2.75) is 51.2 Å². The Morgan fingerprint density at radius 1 is 1.16 bits per heavy atom. The van der Waals surface area contributed by atoms with Gasteiger partial charge in [0.25, 0.3) is 0 Å². The molecule has 1 fully saturated rings. The van der Waals surface area contributed by atoms with E-state index in [4.69, 9.17) is 10.5 Å². The Morgan fingerprint density at radius 3 is 2.53 bits per heavy atom. The Hall–Kier alpha value is -3.19. The number of carbonyl (C=O) groups excluding carboxylic acids is 1. The quantitative estimate of drug-likeness (QED) is 0.510. The van der Waals surface area contributed by atoms with E-state index in [-0.39, 0.29) is 17.9 Å². The summed E-state index contributed by atoms with van der Waals surface area (Å²) in [5, 5.41) is 11.4. The fraction of sp³-hybridized carbons (Fsp3) is 0.400. The van der Waals surface area contributed by atoms with E-state index in [0.29, 0.717) is 24.7 Å². The molecule has 1 aliphatic rings. The summed E-state index contributed by atoms with van der Waals surface area (Å²) in [5.41, 5.74) is 8.35. The summed E-state index contributed by atoms with van der Waals surface area (Å²) in [7, 11) is 0. The predicted molar refractivity (Wildman–Crippen MR) is 123 cm³/mol. The van der Waals surface area contributed by atoms with Crippen LogP contribution in [0.25, 0.3) is 0 Å². The first-order valence-electron chi connectivity index (χ1n) is 11.3. The lowest BCUT2D eigenvalue weighted by atomic mass is 9.86. The van der Waals surface area contributed by atoms with Crippen molar-refractivity contribution < 1.29 is 9.53 Å². The molecule has 4 rings (SSSR count). The number of amides is 1. The molecule has 2 aromatic carbocycles. The molecule has 7 nitrogen and oxygen atoms in total. The number of hydrogen-bond acceptors (Lipinski definition) is 5. The zero-order chi connectivity index (χ0) is 22.3. The van der Waals surface area contributed by atoms with Crippen molar-refractivity contribution in [2.75, 3.05) is 6.61 Å². The van der Waals surface area contributed by atoms with E-state index in [2.05, 4.69) is 15.6 Å². The van der Waals surface area contributed by atoms with E-state index in [1.165, 1.54) is 19.3 Å². The predicted octanol–water partition coefficient (Wildman–Crippen LogP) is 3.58. The van der Waals surface area contributed by atoms with Crippen molar-refractivity contribution >= 4 is 5.91 Å². The van der Waals surface area contributed by atoms with Gasteiger partial charge in [0.05, 0.1) is 30.8 Å². The number of nitrogens with two attached hydrogens (primary N) is 1. The number of nitrogens with one attached hydrogen (secondary N) is 1. The molecule has 0 radical (unpaired) electrons. The maximum Gasteiger partial charge on any atom is 0.227 e. The summed E-state index contributed by atoms with van der Waals surface area (Å²) in [6.07, 6.45) is 5.64. The van der Waals surface area contributed by atoms with Gasteiger partial charge in [-0.1, -0.05) is 54.1 Å². The van der Waals surface area contributed by atoms with Crippen LogP contribution >= 0.6 is 0 Å². The van der Waals surface area contributed by atoms with Gasteiger partial charge >= 0.3 is 0 Å². The van der Waals surface area contributed by atoms with Crippen LogP contribution in [-0.4, -0.2) is 27.5 Å². The molecule has 1 heterocycles. The molecule has 0 spiro atoms. The molecule has 0 bridgehead atoms. The van der Waals surface area contributed by atoms with Gasteiger partial charge in [-0.25, -0.2) is 4.68 Å². The molecule has 32 heavy (non-hydrogen) atoms. The van der Waals surface area contributed by atoms with Crippen LogP contribution in [0.1, 0.15) is 55.0 Å². The van der Waals surface area contributed by atoms with Crippen LogP contribution in [0.5, 0.6) is 5.75 Å². The number of ether oxygens (including phenoxy) is 1. The summed E-state index contributed by atoms with van der Waals surface area (Å²) < 4.78 is 7.65. The number of benzene rings is 2. The van der Waals surface area contributed by atoms with Crippen molar-refractivity contribution in [1.29, 1.82) is 0 Å². The highest BCUT2D eigenvalue weighted by Crippen LogP contribution is 2.28. The average Bonchev–Trinajstić information content (AvgIpc) is 3.26. The van der Waals surface area contributed by atoms with E-state index in [9.17, 15) is 4.79 Å². The molecule has 0 saturated heterocycles. The van der Waals surface area contributed by atoms with Gasteiger partial charge in [0.1, 0.15) is 5.75 Å². The number of carbonyl (C=O) groups is 1. The van der Waals surface area contributed by atoms with Gasteiger partial charge in [0.15, 0.2) is 0 Å². The monoisotopic (exact) mass is 433 g/mol. The SMILES string of the molecule is C[C@H](C(=O)N[C@@H](Cn1cc(CN)nn1)c1ccc(OCC2CCC2)cc1)c1ccccc1. The van der Waals surface area contributed by atoms with E-state index in [1.54, 1.807) is 4.68 Å². The molecule has 1 amide bonds. The number of nitrogens with zero attached hydrogens (tertiary/aromatic N) is 3. The minimum atomic E-state index is -0.265. The third-order valence-electron chi connectivity index (χ3n) is 6.17. The van der Waals surface area contributed by atoms with Crippen molar-refractivity contribution in [3.63, 3.8) is 0 Å². The minimum Gasteiger partial charge on any atom is -0.493 e. The summed E-state index contributed by atoms with van der Waals surface area (Å²) in [6.45, 7) is 3.48. The molecule has 1 saturated carbocycles. The van der Waals surface area contributed by atoms with Gasteiger partial charge in [-0.2, -0.15) is 0 Å². The Balaban J connectivity index is 1.48. The molecule has 1 aliphatic carbocycles. The van der Waals surface area contributed by atoms with Crippen LogP contribution in [0.3, 0.4) is 0 Å². The summed E-state index contributed by atoms with van der Waals surface area (Å²) in [6, 6.07) is 17.5. The van der Waals surface area contributed by atoms with Gasteiger partial charge in [-0.15, -0.1) is 5.10 Å². The second kappa shape index (κ2) is 10.4. The lowest BCUT2D eigenvalue weighted by molar-refractivity contribution is -0.123.